The van der Waals surface area contributed by atoms with Crippen LogP contribution in [0.2, 0.25) is 0 Å². The molecule has 0 aromatic heterocycles. The first-order valence-electron chi connectivity index (χ1n) is 6.36. The van der Waals surface area contributed by atoms with E-state index in [9.17, 15) is 29.4 Å². The molecule has 0 aliphatic carbocycles. The molecule has 0 bridgehead atoms. The molecule has 0 spiro atoms. The maximum absolute atomic E-state index is 11.8. The fourth-order valence-corrected chi connectivity index (χ4v) is 2.64. The average Bonchev–Trinajstić information content (AvgIpc) is 2.87. The van der Waals surface area contributed by atoms with Crippen LogP contribution < -0.4 is 10.2 Å². The van der Waals surface area contributed by atoms with Gasteiger partial charge < -0.3 is 29.3 Å². The van der Waals surface area contributed by atoms with Gasteiger partial charge in [-0.05, 0) is 12.1 Å². The van der Waals surface area contributed by atoms with E-state index in [1.165, 1.54) is 12.1 Å². The zero-order chi connectivity index (χ0) is 16.0. The second-order valence-electron chi connectivity index (χ2n) is 4.97. The van der Waals surface area contributed by atoms with Gasteiger partial charge in [0.1, 0.15) is 12.2 Å². The van der Waals surface area contributed by atoms with E-state index in [1.807, 2.05) is 0 Å². The Bertz CT molecular complexity index is 658. The molecule has 0 saturated carbocycles. The molecule has 2 aliphatic heterocycles. The van der Waals surface area contributed by atoms with Crippen molar-refractivity contribution >= 4 is 23.9 Å². The van der Waals surface area contributed by atoms with Crippen LogP contribution in [0.25, 0.3) is 0 Å². The van der Waals surface area contributed by atoms with Crippen LogP contribution in [0, 0.1) is 0 Å². The van der Waals surface area contributed by atoms with Gasteiger partial charge in [0.15, 0.2) is 0 Å². The molecule has 0 saturated heterocycles. The van der Waals surface area contributed by atoms with Gasteiger partial charge in [-0.25, -0.2) is 9.59 Å². The number of hydrogen-bond acceptors (Lipinski definition) is 8. The zero-order valence-electron chi connectivity index (χ0n) is 11.0. The number of carbonyl (C=O) groups excluding carboxylic acids is 4. The Labute approximate surface area is 123 Å². The molecule has 0 fully saturated rings. The summed E-state index contributed by atoms with van der Waals surface area (Å²) in [7, 11) is 0. The van der Waals surface area contributed by atoms with Crippen LogP contribution in [-0.4, -0.2) is 23.9 Å². The molecule has 3 rings (SSSR count). The summed E-state index contributed by atoms with van der Waals surface area (Å²) in [5.41, 5.74) is 0.677. The Morgan fingerprint density at radius 3 is 1.55 bits per heavy atom. The molecule has 2 atom stereocenters. The molecule has 114 valence electrons. The minimum Gasteiger partial charge on any atom is -0.550 e. The number of hydrogen-bond donors (Lipinski definition) is 0. The van der Waals surface area contributed by atoms with Crippen LogP contribution in [-0.2, 0) is 19.1 Å². The van der Waals surface area contributed by atoms with E-state index in [4.69, 9.17) is 9.47 Å². The van der Waals surface area contributed by atoms with Crippen molar-refractivity contribution in [3.63, 3.8) is 0 Å². The van der Waals surface area contributed by atoms with Gasteiger partial charge in [0.2, 0.25) is 0 Å². The number of rotatable bonds is 4. The number of carboxylic acid groups (broad SMARTS) is 2. The SMILES string of the molecule is O=C([O-])C[C@@H]1OC(=O)c2cc3c(cc21)C(=O)O[C@H]3CC(=O)[O-]. The molecule has 8 nitrogen and oxygen atoms in total. The maximum atomic E-state index is 11.8. The smallest absolute Gasteiger partial charge is 0.339 e. The lowest BCUT2D eigenvalue weighted by atomic mass is 9.94. The monoisotopic (exact) mass is 304 g/mol. The van der Waals surface area contributed by atoms with E-state index in [-0.39, 0.29) is 22.3 Å². The van der Waals surface area contributed by atoms with E-state index in [0.29, 0.717) is 0 Å². The van der Waals surface area contributed by atoms with Crippen LogP contribution in [0.4, 0.5) is 0 Å². The highest BCUT2D eigenvalue weighted by Crippen LogP contribution is 2.40. The summed E-state index contributed by atoms with van der Waals surface area (Å²) >= 11 is 0. The van der Waals surface area contributed by atoms with Crippen molar-refractivity contribution in [2.24, 2.45) is 0 Å². The van der Waals surface area contributed by atoms with Crippen molar-refractivity contribution in [3.05, 3.63) is 34.4 Å². The van der Waals surface area contributed by atoms with Crippen molar-refractivity contribution in [2.75, 3.05) is 0 Å². The van der Waals surface area contributed by atoms with Crippen molar-refractivity contribution < 1.29 is 38.9 Å². The number of esters is 2. The number of fused-ring (bicyclic) bond motifs is 2. The number of carboxylic acids is 2. The van der Waals surface area contributed by atoms with Gasteiger partial charge in [0, 0.05) is 35.9 Å². The van der Waals surface area contributed by atoms with E-state index in [2.05, 4.69) is 0 Å². The molecule has 0 radical (unpaired) electrons. The topological polar surface area (TPSA) is 133 Å². The lowest BCUT2D eigenvalue weighted by molar-refractivity contribution is -0.308. The van der Waals surface area contributed by atoms with E-state index >= 15 is 0 Å². The molecule has 22 heavy (non-hydrogen) atoms. The predicted molar refractivity (Wildman–Crippen MR) is 62.0 cm³/mol. The van der Waals surface area contributed by atoms with Crippen LogP contribution in [0.15, 0.2) is 12.1 Å². The van der Waals surface area contributed by atoms with E-state index in [0.717, 1.165) is 0 Å². The fourth-order valence-electron chi connectivity index (χ4n) is 2.64. The van der Waals surface area contributed by atoms with Crippen molar-refractivity contribution in [1.82, 2.24) is 0 Å². The van der Waals surface area contributed by atoms with Crippen LogP contribution in [0.5, 0.6) is 0 Å². The van der Waals surface area contributed by atoms with Gasteiger partial charge in [-0.2, -0.15) is 0 Å². The highest BCUT2D eigenvalue weighted by atomic mass is 16.6. The largest absolute Gasteiger partial charge is 0.550 e. The number of benzene rings is 1. The van der Waals surface area contributed by atoms with Gasteiger partial charge in [0.25, 0.3) is 0 Å². The summed E-state index contributed by atoms with van der Waals surface area (Å²) < 4.78 is 9.86. The van der Waals surface area contributed by atoms with Gasteiger partial charge in [-0.3, -0.25) is 0 Å². The Morgan fingerprint density at radius 1 is 0.864 bits per heavy atom. The number of carbonyl (C=O) groups is 4. The minimum absolute atomic E-state index is 0.0895. The Hall–Kier alpha value is -2.90. The van der Waals surface area contributed by atoms with E-state index < -0.39 is 48.9 Å². The highest BCUT2D eigenvalue weighted by molar-refractivity contribution is 6.00. The molecule has 8 heteroatoms. The fraction of sp³-hybridized carbons (Fsp3) is 0.286. The molecular weight excluding hydrogens is 296 g/mol. The first-order valence-corrected chi connectivity index (χ1v) is 6.36. The number of aliphatic carboxylic acids is 2. The lowest BCUT2D eigenvalue weighted by Gasteiger charge is -2.12. The summed E-state index contributed by atoms with van der Waals surface area (Å²) in [6, 6.07) is 2.61. The molecule has 0 N–H and O–H groups in total. The normalized spacial score (nSPS) is 21.8. The second kappa shape index (κ2) is 4.83. The summed E-state index contributed by atoms with van der Waals surface area (Å²) in [5, 5.41) is 21.4. The summed E-state index contributed by atoms with van der Waals surface area (Å²) in [6.07, 6.45) is -3.14. The first kappa shape index (κ1) is 14.1. The van der Waals surface area contributed by atoms with Gasteiger partial charge in [0.05, 0.1) is 11.1 Å². The van der Waals surface area contributed by atoms with Gasteiger partial charge in [-0.1, -0.05) is 0 Å². The van der Waals surface area contributed by atoms with Crippen LogP contribution in [0.1, 0.15) is 56.9 Å². The maximum Gasteiger partial charge on any atom is 0.339 e. The quantitative estimate of drug-likeness (QED) is 0.607. The average molecular weight is 304 g/mol. The molecule has 2 heterocycles. The van der Waals surface area contributed by atoms with Gasteiger partial charge in [-0.15, -0.1) is 0 Å². The summed E-state index contributed by atoms with van der Waals surface area (Å²) in [6.45, 7) is 0. The van der Waals surface area contributed by atoms with E-state index in [1.54, 1.807) is 0 Å². The molecule has 2 aliphatic rings. The van der Waals surface area contributed by atoms with Crippen LogP contribution in [0.3, 0.4) is 0 Å². The van der Waals surface area contributed by atoms with Gasteiger partial charge >= 0.3 is 11.9 Å². The first-order chi connectivity index (χ1) is 10.4. The predicted octanol–water partition coefficient (Wildman–Crippen LogP) is -1.61. The molecule has 0 amide bonds. The summed E-state index contributed by atoms with van der Waals surface area (Å²) in [4.78, 5) is 44.9. The molecule has 1 aromatic carbocycles. The summed E-state index contributed by atoms with van der Waals surface area (Å²) in [5.74, 6) is -4.28. The third-order valence-corrected chi connectivity index (χ3v) is 3.56. The Morgan fingerprint density at radius 2 is 1.23 bits per heavy atom. The van der Waals surface area contributed by atoms with Crippen molar-refractivity contribution in [1.29, 1.82) is 0 Å². The van der Waals surface area contributed by atoms with Crippen molar-refractivity contribution in [3.8, 4) is 0 Å². The second-order valence-corrected chi connectivity index (χ2v) is 4.97. The Kier molecular flexibility index (Phi) is 3.09. The lowest BCUT2D eigenvalue weighted by Crippen LogP contribution is -2.24. The highest BCUT2D eigenvalue weighted by Gasteiger charge is 2.38. The molecular formula is C14H8O8-2. The Balaban J connectivity index is 2.04. The van der Waals surface area contributed by atoms with Crippen LogP contribution >= 0.6 is 0 Å². The standard InChI is InChI=1S/C14H10O8/c15-11(16)3-9-5-1-7-6(2-8(5)14(20)21-9)10(4-12(17)18)22-13(7)19/h1-2,9-10H,3-4H2,(H,15,16)(H,17,18)/p-2/t9-,10-/m0/s1. The number of ether oxygens (including phenoxy) is 2. The minimum atomic E-state index is -1.40. The third-order valence-electron chi connectivity index (χ3n) is 3.56. The molecule has 0 unspecified atom stereocenters. The number of cyclic esters (lactones) is 2. The van der Waals surface area contributed by atoms with Crippen molar-refractivity contribution in [2.45, 2.75) is 25.0 Å². The zero-order valence-corrected chi connectivity index (χ0v) is 11.0. The third kappa shape index (κ3) is 2.18. The molecule has 1 aromatic rings.